The molecule has 0 fully saturated rings. The molecular weight excluding hydrogens is 272 g/mol. The van der Waals surface area contributed by atoms with Crippen molar-refractivity contribution < 1.29 is 4.74 Å². The van der Waals surface area contributed by atoms with Crippen LogP contribution in [0.1, 0.15) is 5.56 Å². The maximum atomic E-state index is 5.35. The largest absolute Gasteiger partial charge is 0.496 e. The zero-order valence-electron chi connectivity index (χ0n) is 12.5. The van der Waals surface area contributed by atoms with Crippen LogP contribution in [0.4, 0.5) is 5.82 Å². The highest BCUT2D eigenvalue weighted by Crippen LogP contribution is 2.21. The van der Waals surface area contributed by atoms with Crippen LogP contribution in [-0.2, 0) is 6.54 Å². The van der Waals surface area contributed by atoms with E-state index in [1.165, 1.54) is 5.56 Å². The number of pyridine rings is 1. The fourth-order valence-electron chi connectivity index (χ4n) is 2.33. The first-order chi connectivity index (χ1) is 10.9. The topological polar surface area (TPSA) is 34.1 Å². The van der Waals surface area contributed by atoms with Crippen molar-refractivity contribution >= 4 is 5.82 Å². The molecule has 0 saturated heterocycles. The molecule has 3 rings (SSSR count). The zero-order valence-corrected chi connectivity index (χ0v) is 12.5. The summed E-state index contributed by atoms with van der Waals surface area (Å²) >= 11 is 0. The second-order valence-corrected chi connectivity index (χ2v) is 4.96. The molecule has 0 aliphatic heterocycles. The summed E-state index contributed by atoms with van der Waals surface area (Å²) in [6.45, 7) is 0.682. The highest BCUT2D eigenvalue weighted by atomic mass is 16.5. The summed E-state index contributed by atoms with van der Waals surface area (Å²) in [6, 6.07) is 22.3. The minimum Gasteiger partial charge on any atom is -0.496 e. The Morgan fingerprint density at radius 3 is 2.36 bits per heavy atom. The Balaban J connectivity index is 1.69. The maximum absolute atomic E-state index is 5.35. The Bertz CT molecular complexity index is 724. The van der Waals surface area contributed by atoms with Crippen LogP contribution in [-0.4, -0.2) is 12.1 Å². The number of hydrogen-bond donors (Lipinski definition) is 1. The van der Waals surface area contributed by atoms with E-state index < -0.39 is 0 Å². The normalized spacial score (nSPS) is 10.2. The van der Waals surface area contributed by atoms with Gasteiger partial charge in [-0.15, -0.1) is 0 Å². The Hall–Kier alpha value is -2.81. The number of methoxy groups -OCH3 is 1. The fraction of sp³-hybridized carbons (Fsp3) is 0.105. The van der Waals surface area contributed by atoms with Gasteiger partial charge in [-0.2, -0.15) is 0 Å². The van der Waals surface area contributed by atoms with Crippen LogP contribution in [0.5, 0.6) is 5.75 Å². The van der Waals surface area contributed by atoms with E-state index in [9.17, 15) is 0 Å². The van der Waals surface area contributed by atoms with Gasteiger partial charge in [-0.05, 0) is 23.8 Å². The van der Waals surface area contributed by atoms with Gasteiger partial charge in [0.25, 0.3) is 0 Å². The molecule has 22 heavy (non-hydrogen) atoms. The second kappa shape index (κ2) is 6.76. The lowest BCUT2D eigenvalue weighted by Crippen LogP contribution is -2.02. The summed E-state index contributed by atoms with van der Waals surface area (Å²) < 4.78 is 5.35. The predicted molar refractivity (Wildman–Crippen MR) is 90.0 cm³/mol. The summed E-state index contributed by atoms with van der Waals surface area (Å²) in [7, 11) is 1.69. The van der Waals surface area contributed by atoms with Crippen LogP contribution < -0.4 is 10.1 Å². The van der Waals surface area contributed by atoms with Gasteiger partial charge in [-0.3, -0.25) is 0 Å². The Labute approximate surface area is 130 Å². The number of hydrogen-bond acceptors (Lipinski definition) is 3. The quantitative estimate of drug-likeness (QED) is 0.757. The van der Waals surface area contributed by atoms with Crippen molar-refractivity contribution in [2.45, 2.75) is 6.54 Å². The number of para-hydroxylation sites is 1. The minimum atomic E-state index is 0.682. The summed E-state index contributed by atoms with van der Waals surface area (Å²) in [5, 5.41) is 3.32. The zero-order chi connectivity index (χ0) is 15.2. The number of anilines is 1. The number of benzene rings is 2. The predicted octanol–water partition coefficient (Wildman–Crippen LogP) is 4.37. The molecule has 3 heteroatoms. The van der Waals surface area contributed by atoms with E-state index in [2.05, 4.69) is 28.5 Å². The molecule has 1 heterocycles. The minimum absolute atomic E-state index is 0.682. The Kier molecular flexibility index (Phi) is 4.35. The molecule has 0 saturated carbocycles. The number of rotatable bonds is 5. The van der Waals surface area contributed by atoms with Gasteiger partial charge in [0.05, 0.1) is 7.11 Å². The number of ether oxygens (including phenoxy) is 1. The van der Waals surface area contributed by atoms with Gasteiger partial charge in [0.1, 0.15) is 11.6 Å². The van der Waals surface area contributed by atoms with E-state index in [4.69, 9.17) is 4.74 Å². The standard InChI is InChI=1S/C19H18N2O/c1-22-18-10-6-5-9-17(18)14-21-19-12-11-16(13-20-19)15-7-3-2-4-8-15/h2-13H,14H2,1H3,(H,20,21). The third kappa shape index (κ3) is 3.26. The molecule has 0 spiro atoms. The number of nitrogens with one attached hydrogen (secondary N) is 1. The molecule has 0 aliphatic rings. The third-order valence-corrected chi connectivity index (χ3v) is 3.52. The Morgan fingerprint density at radius 2 is 1.64 bits per heavy atom. The van der Waals surface area contributed by atoms with Crippen molar-refractivity contribution in [2.75, 3.05) is 12.4 Å². The molecule has 0 atom stereocenters. The van der Waals surface area contributed by atoms with Crippen LogP contribution in [0.2, 0.25) is 0 Å². The van der Waals surface area contributed by atoms with Crippen molar-refractivity contribution in [3.8, 4) is 16.9 Å². The molecule has 1 N–H and O–H groups in total. The highest BCUT2D eigenvalue weighted by Gasteiger charge is 2.02. The van der Waals surface area contributed by atoms with Gasteiger partial charge in [0.2, 0.25) is 0 Å². The van der Waals surface area contributed by atoms with E-state index in [0.717, 1.165) is 22.7 Å². The summed E-state index contributed by atoms with van der Waals surface area (Å²) in [5.74, 6) is 1.74. The summed E-state index contributed by atoms with van der Waals surface area (Å²) in [4.78, 5) is 4.47. The van der Waals surface area contributed by atoms with Gasteiger partial charge in [-0.25, -0.2) is 4.98 Å². The van der Waals surface area contributed by atoms with Crippen LogP contribution in [0.15, 0.2) is 72.9 Å². The van der Waals surface area contributed by atoms with Gasteiger partial charge < -0.3 is 10.1 Å². The van der Waals surface area contributed by atoms with E-state index in [1.807, 2.05) is 54.7 Å². The first kappa shape index (κ1) is 14.1. The van der Waals surface area contributed by atoms with Crippen molar-refractivity contribution in [2.24, 2.45) is 0 Å². The van der Waals surface area contributed by atoms with E-state index >= 15 is 0 Å². The second-order valence-electron chi connectivity index (χ2n) is 4.96. The first-order valence-corrected chi connectivity index (χ1v) is 7.24. The maximum Gasteiger partial charge on any atom is 0.126 e. The summed E-state index contributed by atoms with van der Waals surface area (Å²) in [5.41, 5.74) is 3.40. The van der Waals surface area contributed by atoms with Crippen molar-refractivity contribution in [3.05, 3.63) is 78.5 Å². The molecule has 0 unspecified atom stereocenters. The van der Waals surface area contributed by atoms with Crippen molar-refractivity contribution in [1.82, 2.24) is 4.98 Å². The first-order valence-electron chi connectivity index (χ1n) is 7.24. The van der Waals surface area contributed by atoms with Gasteiger partial charge in [-0.1, -0.05) is 48.5 Å². The molecule has 1 aromatic heterocycles. The third-order valence-electron chi connectivity index (χ3n) is 3.52. The summed E-state index contributed by atoms with van der Waals surface area (Å²) in [6.07, 6.45) is 1.89. The average Bonchev–Trinajstić information content (AvgIpc) is 2.61. The van der Waals surface area contributed by atoms with Crippen LogP contribution in [0, 0.1) is 0 Å². The SMILES string of the molecule is COc1ccccc1CNc1ccc(-c2ccccc2)cn1. The van der Waals surface area contributed by atoms with Crippen molar-refractivity contribution in [1.29, 1.82) is 0 Å². The molecule has 0 radical (unpaired) electrons. The van der Waals surface area contributed by atoms with Crippen LogP contribution >= 0.6 is 0 Å². The van der Waals surface area contributed by atoms with E-state index in [0.29, 0.717) is 6.54 Å². The number of aromatic nitrogens is 1. The molecule has 110 valence electrons. The Morgan fingerprint density at radius 1 is 0.864 bits per heavy atom. The average molecular weight is 290 g/mol. The molecule has 0 bridgehead atoms. The number of nitrogens with zero attached hydrogens (tertiary/aromatic N) is 1. The monoisotopic (exact) mass is 290 g/mol. The molecule has 0 amide bonds. The molecule has 3 nitrogen and oxygen atoms in total. The van der Waals surface area contributed by atoms with E-state index in [1.54, 1.807) is 7.11 Å². The van der Waals surface area contributed by atoms with E-state index in [-0.39, 0.29) is 0 Å². The molecular formula is C19H18N2O. The molecule has 0 aliphatic carbocycles. The fourth-order valence-corrected chi connectivity index (χ4v) is 2.33. The highest BCUT2D eigenvalue weighted by molar-refractivity contribution is 5.63. The molecule has 3 aromatic rings. The van der Waals surface area contributed by atoms with Gasteiger partial charge in [0, 0.05) is 23.9 Å². The lowest BCUT2D eigenvalue weighted by molar-refractivity contribution is 0.410. The van der Waals surface area contributed by atoms with Gasteiger partial charge >= 0.3 is 0 Å². The van der Waals surface area contributed by atoms with Crippen LogP contribution in [0.25, 0.3) is 11.1 Å². The van der Waals surface area contributed by atoms with Gasteiger partial charge in [0.15, 0.2) is 0 Å². The lowest BCUT2D eigenvalue weighted by atomic mass is 10.1. The molecule has 2 aromatic carbocycles. The smallest absolute Gasteiger partial charge is 0.126 e. The van der Waals surface area contributed by atoms with Crippen molar-refractivity contribution in [3.63, 3.8) is 0 Å². The van der Waals surface area contributed by atoms with Crippen LogP contribution in [0.3, 0.4) is 0 Å². The lowest BCUT2D eigenvalue weighted by Gasteiger charge is -2.10.